The van der Waals surface area contributed by atoms with Crippen molar-refractivity contribution in [2.24, 2.45) is 0 Å². The van der Waals surface area contributed by atoms with Crippen LogP contribution < -0.4 is 10.6 Å². The molecule has 1 saturated heterocycles. The Balaban J connectivity index is 1.44. The highest BCUT2D eigenvalue weighted by molar-refractivity contribution is 6.33. The maximum atomic E-state index is 12.5. The number of amides is 2. The molecule has 2 aromatic carbocycles. The maximum absolute atomic E-state index is 12.5. The average molecular weight is 401 g/mol. The van der Waals surface area contributed by atoms with E-state index in [0.29, 0.717) is 17.3 Å². The van der Waals surface area contributed by atoms with Crippen molar-refractivity contribution in [3.63, 3.8) is 0 Å². The van der Waals surface area contributed by atoms with E-state index in [1.807, 2.05) is 49.4 Å². The summed E-state index contributed by atoms with van der Waals surface area (Å²) >= 11 is 6.08. The average Bonchev–Trinajstić information content (AvgIpc) is 2.70. The molecule has 1 aliphatic heterocycles. The number of carbonyl (C=O) groups is 2. The van der Waals surface area contributed by atoms with Gasteiger partial charge in [0, 0.05) is 31.9 Å². The first kappa shape index (κ1) is 20.3. The normalized spacial score (nSPS) is 16.4. The van der Waals surface area contributed by atoms with Crippen molar-refractivity contribution in [1.29, 1.82) is 0 Å². The zero-order valence-electron chi connectivity index (χ0n) is 15.9. The molecule has 3 rings (SSSR count). The number of anilines is 2. The lowest BCUT2D eigenvalue weighted by molar-refractivity contribution is -0.122. The number of benzene rings is 2. The molecule has 2 N–H and O–H groups in total. The van der Waals surface area contributed by atoms with Crippen LogP contribution in [0, 0.1) is 0 Å². The Labute approximate surface area is 170 Å². The fourth-order valence-corrected chi connectivity index (χ4v) is 3.38. The number of rotatable bonds is 6. The van der Waals surface area contributed by atoms with E-state index in [9.17, 15) is 9.59 Å². The largest absolute Gasteiger partial charge is 0.325 e. The van der Waals surface area contributed by atoms with Crippen molar-refractivity contribution in [2.75, 3.05) is 43.4 Å². The molecule has 0 spiro atoms. The van der Waals surface area contributed by atoms with Gasteiger partial charge >= 0.3 is 0 Å². The van der Waals surface area contributed by atoms with Gasteiger partial charge in [0.15, 0.2) is 0 Å². The first-order chi connectivity index (χ1) is 13.5. The Kier molecular flexibility index (Phi) is 7.03. The molecule has 148 valence electrons. The van der Waals surface area contributed by atoms with Crippen molar-refractivity contribution < 1.29 is 9.59 Å². The first-order valence-electron chi connectivity index (χ1n) is 9.39. The van der Waals surface area contributed by atoms with Gasteiger partial charge in [-0.1, -0.05) is 41.9 Å². The molecule has 6 nitrogen and oxygen atoms in total. The fourth-order valence-electron chi connectivity index (χ4n) is 3.20. The van der Waals surface area contributed by atoms with Gasteiger partial charge in [-0.15, -0.1) is 0 Å². The Morgan fingerprint density at radius 1 is 0.964 bits per heavy atom. The number of nitrogens with zero attached hydrogens (tertiary/aromatic N) is 2. The van der Waals surface area contributed by atoms with E-state index < -0.39 is 0 Å². The van der Waals surface area contributed by atoms with Gasteiger partial charge in [0.25, 0.3) is 0 Å². The number of hydrogen-bond donors (Lipinski definition) is 2. The lowest BCUT2D eigenvalue weighted by Gasteiger charge is -2.37. The van der Waals surface area contributed by atoms with Crippen LogP contribution >= 0.6 is 11.6 Å². The zero-order valence-corrected chi connectivity index (χ0v) is 16.7. The monoisotopic (exact) mass is 400 g/mol. The maximum Gasteiger partial charge on any atom is 0.241 e. The molecule has 0 bridgehead atoms. The molecule has 2 amide bonds. The van der Waals surface area contributed by atoms with Gasteiger partial charge in [0.1, 0.15) is 0 Å². The van der Waals surface area contributed by atoms with Crippen LogP contribution in [0.15, 0.2) is 54.6 Å². The van der Waals surface area contributed by atoms with E-state index in [1.54, 1.807) is 12.1 Å². The number of hydrogen-bond acceptors (Lipinski definition) is 4. The van der Waals surface area contributed by atoms with Crippen LogP contribution in [0.25, 0.3) is 0 Å². The number of nitrogens with one attached hydrogen (secondary N) is 2. The summed E-state index contributed by atoms with van der Waals surface area (Å²) in [7, 11) is 0. The summed E-state index contributed by atoms with van der Waals surface area (Å²) in [6, 6.07) is 16.4. The van der Waals surface area contributed by atoms with Crippen molar-refractivity contribution >= 4 is 34.8 Å². The second kappa shape index (κ2) is 9.68. The zero-order chi connectivity index (χ0) is 19.9. The summed E-state index contributed by atoms with van der Waals surface area (Å²) in [6.45, 7) is 5.17. The summed E-state index contributed by atoms with van der Waals surface area (Å²) in [5, 5.41) is 6.32. The Morgan fingerprint density at radius 2 is 1.61 bits per heavy atom. The predicted octanol–water partition coefficient (Wildman–Crippen LogP) is 2.92. The van der Waals surface area contributed by atoms with Gasteiger partial charge in [-0.3, -0.25) is 19.4 Å². The second-order valence-electron chi connectivity index (χ2n) is 6.87. The number of halogens is 1. The minimum absolute atomic E-state index is 0.0175. The summed E-state index contributed by atoms with van der Waals surface area (Å²) < 4.78 is 0. The highest BCUT2D eigenvalue weighted by Gasteiger charge is 2.26. The lowest BCUT2D eigenvalue weighted by Crippen LogP contribution is -2.53. The van der Waals surface area contributed by atoms with Gasteiger partial charge in [-0.05, 0) is 31.2 Å². The van der Waals surface area contributed by atoms with Crippen LogP contribution in [0.2, 0.25) is 5.02 Å². The molecule has 2 aromatic rings. The van der Waals surface area contributed by atoms with Crippen molar-refractivity contribution in [3.8, 4) is 0 Å². The molecule has 1 aliphatic rings. The lowest BCUT2D eigenvalue weighted by atomic mass is 10.2. The molecule has 0 aliphatic carbocycles. The fraction of sp³-hybridized carbons (Fsp3) is 0.333. The van der Waals surface area contributed by atoms with Gasteiger partial charge in [0.2, 0.25) is 11.8 Å². The van der Waals surface area contributed by atoms with Crippen LogP contribution in [0.4, 0.5) is 11.4 Å². The Morgan fingerprint density at radius 3 is 2.29 bits per heavy atom. The molecule has 0 radical (unpaired) electrons. The van der Waals surface area contributed by atoms with Gasteiger partial charge < -0.3 is 10.6 Å². The van der Waals surface area contributed by atoms with E-state index in [-0.39, 0.29) is 17.9 Å². The van der Waals surface area contributed by atoms with Crippen LogP contribution in [-0.4, -0.2) is 60.4 Å². The van der Waals surface area contributed by atoms with Crippen LogP contribution in [0.3, 0.4) is 0 Å². The molecule has 28 heavy (non-hydrogen) atoms. The van der Waals surface area contributed by atoms with Gasteiger partial charge in [-0.2, -0.15) is 0 Å². The summed E-state index contributed by atoms with van der Waals surface area (Å²) in [4.78, 5) is 29.0. The van der Waals surface area contributed by atoms with Crippen LogP contribution in [0.5, 0.6) is 0 Å². The molecule has 0 aromatic heterocycles. The molecule has 1 atom stereocenters. The Bertz CT molecular complexity index is 807. The predicted molar refractivity (Wildman–Crippen MR) is 113 cm³/mol. The third-order valence-electron chi connectivity index (χ3n) is 4.89. The minimum atomic E-state index is -0.223. The second-order valence-corrected chi connectivity index (χ2v) is 7.28. The van der Waals surface area contributed by atoms with Crippen molar-refractivity contribution in [2.45, 2.75) is 13.0 Å². The molecule has 1 fully saturated rings. The van der Waals surface area contributed by atoms with E-state index in [2.05, 4.69) is 20.4 Å². The smallest absolute Gasteiger partial charge is 0.241 e. The molecule has 0 saturated carbocycles. The van der Waals surface area contributed by atoms with E-state index in [1.165, 1.54) is 0 Å². The van der Waals surface area contributed by atoms with E-state index in [0.717, 1.165) is 31.9 Å². The van der Waals surface area contributed by atoms with E-state index >= 15 is 0 Å². The molecule has 1 heterocycles. The third-order valence-corrected chi connectivity index (χ3v) is 5.22. The topological polar surface area (TPSA) is 64.7 Å². The summed E-state index contributed by atoms with van der Waals surface area (Å²) in [6.07, 6.45) is 0. The molecular weight excluding hydrogens is 376 g/mol. The number of carbonyl (C=O) groups excluding carboxylic acids is 2. The number of piperazine rings is 1. The molecular formula is C21H25ClN4O2. The van der Waals surface area contributed by atoms with Crippen LogP contribution in [0.1, 0.15) is 6.92 Å². The summed E-state index contributed by atoms with van der Waals surface area (Å²) in [5.41, 5.74) is 1.42. The van der Waals surface area contributed by atoms with Crippen molar-refractivity contribution in [1.82, 2.24) is 9.80 Å². The summed E-state index contributed by atoms with van der Waals surface area (Å²) in [5.74, 6) is -0.104. The molecule has 0 unspecified atom stereocenters. The highest BCUT2D eigenvalue weighted by Crippen LogP contribution is 2.20. The first-order valence-corrected chi connectivity index (χ1v) is 9.77. The van der Waals surface area contributed by atoms with Gasteiger partial charge in [0.05, 0.1) is 23.3 Å². The van der Waals surface area contributed by atoms with Crippen molar-refractivity contribution in [3.05, 3.63) is 59.6 Å². The molecule has 7 heteroatoms. The van der Waals surface area contributed by atoms with Gasteiger partial charge in [-0.25, -0.2) is 0 Å². The highest BCUT2D eigenvalue weighted by atomic mass is 35.5. The SMILES string of the molecule is C[C@@H](C(=O)Nc1ccccc1)N1CCN(CC(=O)Nc2ccccc2Cl)CC1. The minimum Gasteiger partial charge on any atom is -0.325 e. The van der Waals surface area contributed by atoms with E-state index in [4.69, 9.17) is 11.6 Å². The number of para-hydroxylation sites is 2. The quantitative estimate of drug-likeness (QED) is 0.782. The Hall–Kier alpha value is -2.41. The third kappa shape index (κ3) is 5.55. The van der Waals surface area contributed by atoms with Crippen LogP contribution in [-0.2, 0) is 9.59 Å². The standard InChI is InChI=1S/C21H25ClN4O2/c1-16(21(28)23-17-7-3-2-4-8-17)26-13-11-25(12-14-26)15-20(27)24-19-10-6-5-9-18(19)22/h2-10,16H,11-15H2,1H3,(H,23,28)(H,24,27)/t16-/m0/s1.